The molecule has 0 saturated heterocycles. The third-order valence-corrected chi connectivity index (χ3v) is 3.89. The molecule has 0 aliphatic rings. The molecule has 0 atom stereocenters. The van der Waals surface area contributed by atoms with E-state index in [4.69, 9.17) is 0 Å². The molecule has 1 amide bonds. The molecule has 0 fully saturated rings. The number of hydrogen-bond donors (Lipinski definition) is 1. The molecule has 4 heteroatoms. The first-order valence-corrected chi connectivity index (χ1v) is 6.88. The van der Waals surface area contributed by atoms with Crippen LogP contribution in [0.15, 0.2) is 35.7 Å². The van der Waals surface area contributed by atoms with Crippen LogP contribution in [0.1, 0.15) is 31.2 Å². The molecule has 0 saturated carbocycles. The number of thiophene rings is 1. The van der Waals surface area contributed by atoms with Gasteiger partial charge in [-0.2, -0.15) is 0 Å². The smallest absolute Gasteiger partial charge is 0.251 e. The summed E-state index contributed by atoms with van der Waals surface area (Å²) in [5, 5.41) is 4.50. The van der Waals surface area contributed by atoms with Gasteiger partial charge in [0.25, 0.3) is 5.91 Å². The number of carbonyl (C=O) groups is 2. The summed E-state index contributed by atoms with van der Waals surface area (Å²) in [5.41, 5.74) is 2.80. The van der Waals surface area contributed by atoms with Crippen molar-refractivity contribution in [3.8, 4) is 0 Å². The molecule has 2 aromatic rings. The van der Waals surface area contributed by atoms with Crippen molar-refractivity contribution in [2.45, 2.75) is 13.8 Å². The van der Waals surface area contributed by atoms with Gasteiger partial charge in [-0.1, -0.05) is 12.1 Å². The van der Waals surface area contributed by atoms with E-state index >= 15 is 0 Å². The van der Waals surface area contributed by atoms with Crippen LogP contribution in [0.4, 0.5) is 0 Å². The number of carbonyl (C=O) groups excluding carboxylic acids is 2. The van der Waals surface area contributed by atoms with Crippen LogP contribution < -0.4 is 5.32 Å². The van der Waals surface area contributed by atoms with Gasteiger partial charge in [0.1, 0.15) is 0 Å². The first kappa shape index (κ1) is 13.5. The van der Waals surface area contributed by atoms with Crippen LogP contribution in [-0.4, -0.2) is 18.2 Å². The summed E-state index contributed by atoms with van der Waals surface area (Å²) in [4.78, 5) is 24.3. The molecule has 0 radical (unpaired) electrons. The van der Waals surface area contributed by atoms with Crippen molar-refractivity contribution in [2.75, 3.05) is 6.54 Å². The van der Waals surface area contributed by atoms with E-state index in [-0.39, 0.29) is 18.2 Å². The van der Waals surface area contributed by atoms with Crippen LogP contribution in [0.5, 0.6) is 0 Å². The minimum Gasteiger partial charge on any atom is -0.345 e. The molecule has 1 aromatic carbocycles. The maximum Gasteiger partial charge on any atom is 0.251 e. The normalized spacial score (nSPS) is 10.2. The van der Waals surface area contributed by atoms with Gasteiger partial charge in [0, 0.05) is 5.56 Å². The van der Waals surface area contributed by atoms with Gasteiger partial charge in [0.15, 0.2) is 5.78 Å². The van der Waals surface area contributed by atoms with E-state index in [0.29, 0.717) is 10.4 Å². The third kappa shape index (κ3) is 3.29. The topological polar surface area (TPSA) is 46.2 Å². The maximum atomic E-state index is 11.9. The first-order chi connectivity index (χ1) is 9.08. The maximum absolute atomic E-state index is 11.9. The Labute approximate surface area is 116 Å². The van der Waals surface area contributed by atoms with E-state index in [1.807, 2.05) is 37.4 Å². The van der Waals surface area contributed by atoms with Crippen molar-refractivity contribution in [1.82, 2.24) is 5.32 Å². The zero-order valence-corrected chi connectivity index (χ0v) is 11.7. The Morgan fingerprint density at radius 1 is 1.16 bits per heavy atom. The molecule has 0 spiro atoms. The lowest BCUT2D eigenvalue weighted by atomic mass is 10.1. The summed E-state index contributed by atoms with van der Waals surface area (Å²) in [6.07, 6.45) is 0. The minimum absolute atomic E-state index is 0.0340. The van der Waals surface area contributed by atoms with Crippen molar-refractivity contribution >= 4 is 23.0 Å². The molecule has 0 aliphatic heterocycles. The van der Waals surface area contributed by atoms with Crippen LogP contribution in [0.25, 0.3) is 0 Å². The largest absolute Gasteiger partial charge is 0.345 e. The third-order valence-electron chi connectivity index (χ3n) is 2.97. The number of rotatable bonds is 4. The number of ketones is 1. The van der Waals surface area contributed by atoms with Crippen molar-refractivity contribution in [3.05, 3.63) is 57.3 Å². The fourth-order valence-corrected chi connectivity index (χ4v) is 2.33. The second-order valence-electron chi connectivity index (χ2n) is 4.38. The van der Waals surface area contributed by atoms with Gasteiger partial charge in [-0.3, -0.25) is 9.59 Å². The van der Waals surface area contributed by atoms with Gasteiger partial charge in [0.2, 0.25) is 0 Å². The Bertz CT molecular complexity index is 603. The quantitative estimate of drug-likeness (QED) is 0.870. The highest BCUT2D eigenvalue weighted by Gasteiger charge is 2.10. The van der Waals surface area contributed by atoms with E-state index in [1.165, 1.54) is 11.3 Å². The zero-order valence-electron chi connectivity index (χ0n) is 10.9. The highest BCUT2D eigenvalue weighted by atomic mass is 32.1. The van der Waals surface area contributed by atoms with Crippen LogP contribution in [0.2, 0.25) is 0 Å². The van der Waals surface area contributed by atoms with E-state index < -0.39 is 0 Å². The SMILES string of the molecule is Cc1ccc(C(=O)NCC(=O)c2cccs2)cc1C. The molecule has 0 aliphatic carbocycles. The van der Waals surface area contributed by atoms with Crippen molar-refractivity contribution in [1.29, 1.82) is 0 Å². The molecule has 1 N–H and O–H groups in total. The fourth-order valence-electron chi connectivity index (χ4n) is 1.67. The van der Waals surface area contributed by atoms with Crippen LogP contribution in [0.3, 0.4) is 0 Å². The molecule has 19 heavy (non-hydrogen) atoms. The molecule has 1 heterocycles. The number of hydrogen-bond acceptors (Lipinski definition) is 3. The number of nitrogens with one attached hydrogen (secondary N) is 1. The average Bonchev–Trinajstić information content (AvgIpc) is 2.92. The Kier molecular flexibility index (Phi) is 4.12. The van der Waals surface area contributed by atoms with E-state index in [0.717, 1.165) is 11.1 Å². The van der Waals surface area contributed by atoms with Gasteiger partial charge >= 0.3 is 0 Å². The molecule has 3 nitrogen and oxygen atoms in total. The zero-order chi connectivity index (χ0) is 13.8. The molecule has 2 rings (SSSR count). The standard InChI is InChI=1S/C15H15NO2S/c1-10-5-6-12(8-11(10)2)15(18)16-9-13(17)14-4-3-7-19-14/h3-8H,9H2,1-2H3,(H,16,18). The van der Waals surface area contributed by atoms with Crippen molar-refractivity contribution in [2.24, 2.45) is 0 Å². The molecular weight excluding hydrogens is 258 g/mol. The molecule has 98 valence electrons. The van der Waals surface area contributed by atoms with E-state index in [9.17, 15) is 9.59 Å². The van der Waals surface area contributed by atoms with Gasteiger partial charge in [-0.25, -0.2) is 0 Å². The van der Waals surface area contributed by atoms with Gasteiger partial charge < -0.3 is 5.32 Å². The Morgan fingerprint density at radius 3 is 2.58 bits per heavy atom. The van der Waals surface area contributed by atoms with Gasteiger partial charge in [0.05, 0.1) is 11.4 Å². The Hall–Kier alpha value is -1.94. The molecule has 0 bridgehead atoms. The Morgan fingerprint density at radius 2 is 1.95 bits per heavy atom. The lowest BCUT2D eigenvalue weighted by Gasteiger charge is -2.06. The average molecular weight is 273 g/mol. The van der Waals surface area contributed by atoms with Crippen LogP contribution in [0, 0.1) is 13.8 Å². The predicted molar refractivity (Wildman–Crippen MR) is 76.9 cm³/mol. The molecule has 1 aromatic heterocycles. The summed E-state index contributed by atoms with van der Waals surface area (Å²) in [7, 11) is 0. The lowest BCUT2D eigenvalue weighted by molar-refractivity contribution is 0.0905. The highest BCUT2D eigenvalue weighted by Crippen LogP contribution is 2.11. The van der Waals surface area contributed by atoms with Crippen LogP contribution in [-0.2, 0) is 0 Å². The highest BCUT2D eigenvalue weighted by molar-refractivity contribution is 7.12. The van der Waals surface area contributed by atoms with Gasteiger partial charge in [-0.05, 0) is 48.6 Å². The number of benzene rings is 1. The van der Waals surface area contributed by atoms with Crippen molar-refractivity contribution < 1.29 is 9.59 Å². The number of amides is 1. The van der Waals surface area contributed by atoms with E-state index in [2.05, 4.69) is 5.32 Å². The number of aryl methyl sites for hydroxylation is 2. The van der Waals surface area contributed by atoms with Crippen molar-refractivity contribution in [3.63, 3.8) is 0 Å². The van der Waals surface area contributed by atoms with E-state index in [1.54, 1.807) is 12.1 Å². The van der Waals surface area contributed by atoms with Gasteiger partial charge in [-0.15, -0.1) is 11.3 Å². The monoisotopic (exact) mass is 273 g/mol. The predicted octanol–water partition coefficient (Wildman–Crippen LogP) is 2.98. The molecule has 0 unspecified atom stereocenters. The summed E-state index contributed by atoms with van der Waals surface area (Å²) in [6.45, 7) is 3.99. The minimum atomic E-state index is -0.215. The number of Topliss-reactive ketones (excluding diaryl/α,β-unsaturated/α-hetero) is 1. The second kappa shape index (κ2) is 5.80. The summed E-state index contributed by atoms with van der Waals surface area (Å²) < 4.78 is 0. The first-order valence-electron chi connectivity index (χ1n) is 6.00. The van der Waals surface area contributed by atoms with Crippen LogP contribution >= 0.6 is 11.3 Å². The second-order valence-corrected chi connectivity index (χ2v) is 5.33. The Balaban J connectivity index is 1.98. The lowest BCUT2D eigenvalue weighted by Crippen LogP contribution is -2.29. The summed E-state index contributed by atoms with van der Waals surface area (Å²) in [6, 6.07) is 9.09. The summed E-state index contributed by atoms with van der Waals surface area (Å²) in [5.74, 6) is -0.278. The molecular formula is C15H15NO2S. The summed E-state index contributed by atoms with van der Waals surface area (Å²) >= 11 is 1.38. The fraction of sp³-hybridized carbons (Fsp3) is 0.200.